The minimum atomic E-state index is -0.115. The molecule has 0 saturated heterocycles. The first kappa shape index (κ1) is 56.0. The van der Waals surface area contributed by atoms with Crippen molar-refractivity contribution in [2.24, 2.45) is 0 Å². The Balaban J connectivity index is 1.11. The van der Waals surface area contributed by atoms with Gasteiger partial charge < -0.3 is 15.1 Å². The number of hydrogen-bond acceptors (Lipinski definition) is 3. The van der Waals surface area contributed by atoms with Crippen LogP contribution in [0.2, 0.25) is 0 Å². The monoisotopic (exact) mass is 1120 g/mol. The van der Waals surface area contributed by atoms with Crippen molar-refractivity contribution in [3.63, 3.8) is 0 Å². The van der Waals surface area contributed by atoms with E-state index in [1.165, 1.54) is 94.5 Å². The highest BCUT2D eigenvalue weighted by Crippen LogP contribution is 2.49. The van der Waals surface area contributed by atoms with Gasteiger partial charge in [-0.1, -0.05) is 277 Å². The van der Waals surface area contributed by atoms with Gasteiger partial charge in [-0.3, -0.25) is 0 Å². The van der Waals surface area contributed by atoms with Gasteiger partial charge in [-0.05, 0) is 165 Å². The number of rotatable bonds is 9. The van der Waals surface area contributed by atoms with Gasteiger partial charge in [-0.2, -0.15) is 0 Å². The molecular weight excluding hydrogens is 1040 g/mol. The molecule has 0 bridgehead atoms. The lowest BCUT2D eigenvalue weighted by Crippen LogP contribution is -2.61. The molecule has 0 atom stereocenters. The zero-order chi connectivity index (χ0) is 59.9. The van der Waals surface area contributed by atoms with Crippen molar-refractivity contribution >= 4 is 68.6 Å². The van der Waals surface area contributed by atoms with E-state index in [9.17, 15) is 0 Å². The fraction of sp³-hybridized carbons (Fsp3) is 0.195. The van der Waals surface area contributed by atoms with Gasteiger partial charge >= 0.3 is 0 Å². The van der Waals surface area contributed by atoms with Crippen LogP contribution in [-0.2, 0) is 21.7 Å². The molecule has 0 spiro atoms. The summed E-state index contributed by atoms with van der Waals surface area (Å²) < 4.78 is 0. The fourth-order valence-electron chi connectivity index (χ4n) is 12.8. The Morgan fingerprint density at radius 2 is 0.616 bits per heavy atom. The highest BCUT2D eigenvalue weighted by molar-refractivity contribution is 7.00. The summed E-state index contributed by atoms with van der Waals surface area (Å²) in [5.74, 6) is 0. The molecule has 11 aromatic carbocycles. The Hall–Kier alpha value is -9.12. The number of fused-ring (bicyclic) bond motifs is 4. The van der Waals surface area contributed by atoms with Crippen LogP contribution >= 0.6 is 0 Å². The Kier molecular flexibility index (Phi) is 14.0. The molecule has 0 aromatic heterocycles. The molecule has 86 heavy (non-hydrogen) atoms. The number of nitrogens with zero attached hydrogens (tertiary/aromatic N) is 2. The van der Waals surface area contributed by atoms with Gasteiger partial charge in [0.05, 0.1) is 0 Å². The van der Waals surface area contributed by atoms with Crippen molar-refractivity contribution < 1.29 is 0 Å². The maximum Gasteiger partial charge on any atom is 0.252 e. The highest BCUT2D eigenvalue weighted by atomic mass is 15.2. The smallest absolute Gasteiger partial charge is 0.252 e. The zero-order valence-corrected chi connectivity index (χ0v) is 52.1. The Morgan fingerprint density at radius 1 is 0.279 bits per heavy atom. The largest absolute Gasteiger partial charge is 0.355 e. The summed E-state index contributed by atoms with van der Waals surface area (Å²) in [6.07, 6.45) is 0. The van der Waals surface area contributed by atoms with Crippen LogP contribution in [0.25, 0.3) is 55.6 Å². The van der Waals surface area contributed by atoms with Gasteiger partial charge in [0.25, 0.3) is 6.71 Å². The van der Waals surface area contributed by atoms with E-state index in [0.717, 1.165) is 45.3 Å². The lowest BCUT2D eigenvalue weighted by atomic mass is 9.33. The van der Waals surface area contributed by atoms with Crippen LogP contribution < -0.4 is 31.5 Å². The third kappa shape index (κ3) is 10.7. The van der Waals surface area contributed by atoms with E-state index in [1.54, 1.807) is 0 Å². The number of anilines is 8. The maximum atomic E-state index is 4.09. The standard InChI is InChI=1S/C82H78BN3/c1-79(2,3)63-44-61(45-64(50-63)80(4,5)6)59-36-42-71-74(48-59)85(68-38-32-56(33-39-68)54-24-16-13-17-25-54)76-52-67(84-73-31-23-22-30-70(73)58-28-20-15-21-29-58)53-77-78(76)83(71)72-43-37-60(62-46-65(81(7,8)9)51-66(47-62)82(10,11)12)49-75(72)86(77)69-40-34-57(35-41-69)55-26-18-14-19-27-55/h13-53,84H,1-12H3. The Labute approximate surface area is 512 Å². The first-order valence-corrected chi connectivity index (χ1v) is 30.8. The van der Waals surface area contributed by atoms with Crippen LogP contribution in [0.5, 0.6) is 0 Å². The zero-order valence-electron chi connectivity index (χ0n) is 52.1. The third-order valence-electron chi connectivity index (χ3n) is 17.8. The van der Waals surface area contributed by atoms with Gasteiger partial charge in [0.2, 0.25) is 0 Å². The van der Waals surface area contributed by atoms with Crippen molar-refractivity contribution in [2.45, 2.75) is 105 Å². The van der Waals surface area contributed by atoms with Crippen molar-refractivity contribution in [1.29, 1.82) is 0 Å². The summed E-state index contributed by atoms with van der Waals surface area (Å²) in [5, 5.41) is 4.09. The summed E-state index contributed by atoms with van der Waals surface area (Å²) in [5.41, 5.74) is 29.7. The second-order valence-electron chi connectivity index (χ2n) is 28.0. The SMILES string of the molecule is CC(C)(C)c1cc(-c2ccc3c(c2)N(c2ccc(-c4ccccc4)cc2)c2cc(Nc4ccccc4-c4ccccc4)cc4c2B3c2ccc(-c3cc(C(C)(C)C)cc(C(C)(C)C)c3)cc2N4c2ccc(-c3ccccc3)cc2)cc(C(C)(C)C)c1. The molecule has 0 amide bonds. The molecule has 1 N–H and O–H groups in total. The molecule has 2 aliphatic rings. The molecule has 4 heteroatoms. The number of hydrogen-bond donors (Lipinski definition) is 1. The highest BCUT2D eigenvalue weighted by Gasteiger charge is 2.44. The maximum absolute atomic E-state index is 4.09. The van der Waals surface area contributed by atoms with Crippen molar-refractivity contribution in [1.82, 2.24) is 0 Å². The molecule has 0 radical (unpaired) electrons. The Bertz CT molecular complexity index is 4020. The van der Waals surface area contributed by atoms with E-state index in [0.29, 0.717) is 0 Å². The van der Waals surface area contributed by atoms with E-state index in [2.05, 4.69) is 347 Å². The van der Waals surface area contributed by atoms with Gasteiger partial charge in [0.15, 0.2) is 0 Å². The van der Waals surface area contributed by atoms with Crippen LogP contribution in [0.15, 0.2) is 249 Å². The van der Waals surface area contributed by atoms with E-state index in [-0.39, 0.29) is 28.4 Å². The minimum absolute atomic E-state index is 0.0462. The lowest BCUT2D eigenvalue weighted by Gasteiger charge is -2.44. The minimum Gasteiger partial charge on any atom is -0.355 e. The number of nitrogens with one attached hydrogen (secondary N) is 1. The molecular formula is C82H78BN3. The van der Waals surface area contributed by atoms with Crippen LogP contribution in [0, 0.1) is 0 Å². The van der Waals surface area contributed by atoms with Gasteiger partial charge in [-0.25, -0.2) is 0 Å². The van der Waals surface area contributed by atoms with E-state index in [1.807, 2.05) is 0 Å². The topological polar surface area (TPSA) is 18.5 Å². The first-order valence-electron chi connectivity index (χ1n) is 30.8. The summed E-state index contributed by atoms with van der Waals surface area (Å²) in [7, 11) is 0. The summed E-state index contributed by atoms with van der Waals surface area (Å²) >= 11 is 0. The summed E-state index contributed by atoms with van der Waals surface area (Å²) in [4.78, 5) is 5.13. The molecule has 2 aliphatic heterocycles. The van der Waals surface area contributed by atoms with Crippen molar-refractivity contribution in [3.05, 3.63) is 271 Å². The molecule has 0 fully saturated rings. The molecule has 0 unspecified atom stereocenters. The van der Waals surface area contributed by atoms with E-state index >= 15 is 0 Å². The van der Waals surface area contributed by atoms with Crippen LogP contribution in [0.3, 0.4) is 0 Å². The Morgan fingerprint density at radius 3 is 1.00 bits per heavy atom. The molecule has 3 nitrogen and oxygen atoms in total. The average Bonchev–Trinajstić information content (AvgIpc) is 0.711. The summed E-state index contributed by atoms with van der Waals surface area (Å²) in [6.45, 7) is 27.9. The molecule has 424 valence electrons. The van der Waals surface area contributed by atoms with Crippen molar-refractivity contribution in [2.75, 3.05) is 15.1 Å². The molecule has 2 heterocycles. The van der Waals surface area contributed by atoms with E-state index in [4.69, 9.17) is 0 Å². The molecule has 11 aromatic rings. The second kappa shape index (κ2) is 21.4. The number of benzene rings is 11. The fourth-order valence-corrected chi connectivity index (χ4v) is 12.8. The predicted octanol–water partition coefficient (Wildman–Crippen LogP) is 21.0. The number of para-hydroxylation sites is 1. The normalized spacial score (nSPS) is 13.0. The van der Waals surface area contributed by atoms with Crippen LogP contribution in [0.1, 0.15) is 105 Å². The van der Waals surface area contributed by atoms with E-state index < -0.39 is 0 Å². The lowest BCUT2D eigenvalue weighted by molar-refractivity contribution is 0.568. The van der Waals surface area contributed by atoms with Crippen LogP contribution in [-0.4, -0.2) is 6.71 Å². The van der Waals surface area contributed by atoms with Crippen LogP contribution in [0.4, 0.5) is 45.5 Å². The van der Waals surface area contributed by atoms with Gasteiger partial charge in [-0.15, -0.1) is 0 Å². The quantitative estimate of drug-likeness (QED) is 0.145. The summed E-state index contributed by atoms with van der Waals surface area (Å²) in [6, 6.07) is 93.7. The van der Waals surface area contributed by atoms with Crippen molar-refractivity contribution in [3.8, 4) is 55.6 Å². The van der Waals surface area contributed by atoms with Gasteiger partial charge in [0.1, 0.15) is 0 Å². The second-order valence-corrected chi connectivity index (χ2v) is 28.0. The first-order chi connectivity index (χ1) is 41.1. The third-order valence-corrected chi connectivity index (χ3v) is 17.8. The predicted molar refractivity (Wildman–Crippen MR) is 372 cm³/mol. The average molecular weight is 1120 g/mol. The molecule has 13 rings (SSSR count). The molecule has 0 aliphatic carbocycles. The molecule has 0 saturated carbocycles. The van der Waals surface area contributed by atoms with Gasteiger partial charge in [0, 0.05) is 51.1 Å².